The number of likely N-dealkylation sites (N-methyl/N-ethyl adjacent to an activating group) is 1. The van der Waals surface area contributed by atoms with E-state index in [0.29, 0.717) is 17.4 Å². The van der Waals surface area contributed by atoms with Gasteiger partial charge in [0.25, 0.3) is 0 Å². The predicted molar refractivity (Wildman–Crippen MR) is 100 cm³/mol. The molecule has 0 spiro atoms. The van der Waals surface area contributed by atoms with Crippen LogP contribution >= 0.6 is 0 Å². The molecule has 0 saturated carbocycles. The van der Waals surface area contributed by atoms with Gasteiger partial charge in [-0.05, 0) is 19.5 Å². The van der Waals surface area contributed by atoms with Crippen LogP contribution in [0.15, 0.2) is 12.1 Å². The summed E-state index contributed by atoms with van der Waals surface area (Å²) in [5.74, 6) is 1.39. The van der Waals surface area contributed by atoms with E-state index in [2.05, 4.69) is 31.6 Å². The highest BCUT2D eigenvalue weighted by atomic mass is 19.1. The number of piperazine rings is 1. The molecule has 140 valence electrons. The van der Waals surface area contributed by atoms with Crippen LogP contribution in [0.1, 0.15) is 12.7 Å². The molecule has 0 radical (unpaired) electrons. The molecule has 1 aromatic heterocycles. The van der Waals surface area contributed by atoms with Crippen molar-refractivity contribution in [1.82, 2.24) is 19.8 Å². The summed E-state index contributed by atoms with van der Waals surface area (Å²) < 4.78 is 19.2. The van der Waals surface area contributed by atoms with Gasteiger partial charge in [-0.3, -0.25) is 4.90 Å². The normalized spacial score (nSPS) is 19.8. The molecule has 3 heterocycles. The third kappa shape index (κ3) is 3.10. The maximum atomic E-state index is 14.0. The predicted octanol–water partition coefficient (Wildman–Crippen LogP) is 1.91. The van der Waals surface area contributed by atoms with Crippen LogP contribution in [-0.2, 0) is 0 Å². The highest BCUT2D eigenvalue weighted by Crippen LogP contribution is 2.33. The second-order valence-corrected chi connectivity index (χ2v) is 7.13. The number of aromatic nitrogens is 2. The Morgan fingerprint density at radius 3 is 2.54 bits per heavy atom. The van der Waals surface area contributed by atoms with Crippen LogP contribution in [0.25, 0.3) is 10.9 Å². The van der Waals surface area contributed by atoms with Gasteiger partial charge in [0.2, 0.25) is 0 Å². The van der Waals surface area contributed by atoms with Crippen molar-refractivity contribution in [3.8, 4) is 5.75 Å². The molecule has 2 saturated heterocycles. The van der Waals surface area contributed by atoms with Gasteiger partial charge in [-0.1, -0.05) is 6.92 Å². The molecule has 2 aromatic rings. The lowest BCUT2D eigenvalue weighted by Gasteiger charge is -2.48. The highest BCUT2D eigenvalue weighted by Gasteiger charge is 2.35. The second kappa shape index (κ2) is 6.96. The van der Waals surface area contributed by atoms with E-state index in [4.69, 9.17) is 4.74 Å². The number of benzene rings is 1. The lowest BCUT2D eigenvalue weighted by atomic mass is 10.0. The summed E-state index contributed by atoms with van der Waals surface area (Å²) in [6, 6.07) is 3.72. The zero-order valence-corrected chi connectivity index (χ0v) is 15.7. The number of halogens is 1. The van der Waals surface area contributed by atoms with Gasteiger partial charge < -0.3 is 14.5 Å². The summed E-state index contributed by atoms with van der Waals surface area (Å²) in [6.45, 7) is 11.7. The van der Waals surface area contributed by atoms with Crippen LogP contribution in [-0.4, -0.2) is 78.7 Å². The highest BCUT2D eigenvalue weighted by molar-refractivity contribution is 5.91. The second-order valence-electron chi connectivity index (χ2n) is 7.13. The number of methoxy groups -OCH3 is 1. The third-order valence-corrected chi connectivity index (χ3v) is 5.59. The largest absolute Gasteiger partial charge is 0.494 e. The number of hydrogen-bond acceptors (Lipinski definition) is 6. The van der Waals surface area contributed by atoms with E-state index in [1.807, 2.05) is 6.92 Å². The van der Waals surface area contributed by atoms with Gasteiger partial charge in [0.1, 0.15) is 11.6 Å². The van der Waals surface area contributed by atoms with Crippen molar-refractivity contribution in [1.29, 1.82) is 0 Å². The average Bonchev–Trinajstić information content (AvgIpc) is 2.60. The standard InChI is InChI=1S/C19H26FN5O/c1-4-23-5-7-24(8-6-23)14-11-25(12-14)19-15-9-18(26-3)16(20)10-17(15)21-13(2)22-19/h9-10,14H,4-8,11-12H2,1-3H3. The number of hydrogen-bond donors (Lipinski definition) is 0. The Morgan fingerprint density at radius 2 is 1.88 bits per heavy atom. The average molecular weight is 359 g/mol. The molecule has 0 unspecified atom stereocenters. The third-order valence-electron chi connectivity index (χ3n) is 5.59. The lowest BCUT2D eigenvalue weighted by Crippen LogP contribution is -2.63. The Hall–Kier alpha value is -1.99. The van der Waals surface area contributed by atoms with E-state index < -0.39 is 0 Å². The maximum Gasteiger partial charge on any atom is 0.167 e. The number of rotatable bonds is 4. The van der Waals surface area contributed by atoms with E-state index in [0.717, 1.165) is 57.0 Å². The van der Waals surface area contributed by atoms with Crippen LogP contribution in [0.4, 0.5) is 10.2 Å². The van der Waals surface area contributed by atoms with Gasteiger partial charge in [-0.2, -0.15) is 0 Å². The van der Waals surface area contributed by atoms with Crippen molar-refractivity contribution < 1.29 is 9.13 Å². The van der Waals surface area contributed by atoms with Crippen LogP contribution in [0.2, 0.25) is 0 Å². The number of aryl methyl sites for hydroxylation is 1. The summed E-state index contributed by atoms with van der Waals surface area (Å²) in [6.07, 6.45) is 0. The minimum atomic E-state index is -0.390. The number of nitrogens with zero attached hydrogens (tertiary/aromatic N) is 5. The van der Waals surface area contributed by atoms with Crippen molar-refractivity contribution in [2.75, 3.05) is 57.8 Å². The Labute approximate surface area is 153 Å². The van der Waals surface area contributed by atoms with E-state index in [1.165, 1.54) is 13.2 Å². The molecule has 1 aromatic carbocycles. The lowest BCUT2D eigenvalue weighted by molar-refractivity contribution is 0.0860. The minimum absolute atomic E-state index is 0.235. The van der Waals surface area contributed by atoms with Crippen LogP contribution in [0, 0.1) is 12.7 Å². The monoisotopic (exact) mass is 359 g/mol. The molecule has 0 aliphatic carbocycles. The summed E-state index contributed by atoms with van der Waals surface area (Å²) >= 11 is 0. The first-order chi connectivity index (χ1) is 12.6. The van der Waals surface area contributed by atoms with Gasteiger partial charge in [-0.15, -0.1) is 0 Å². The quantitative estimate of drug-likeness (QED) is 0.831. The molecule has 0 amide bonds. The van der Waals surface area contributed by atoms with E-state index in [9.17, 15) is 4.39 Å². The molecule has 0 bridgehead atoms. The number of ether oxygens (including phenoxy) is 1. The molecular weight excluding hydrogens is 333 g/mol. The first kappa shape index (κ1) is 17.4. The van der Waals surface area contributed by atoms with Gasteiger partial charge >= 0.3 is 0 Å². The van der Waals surface area contributed by atoms with Crippen molar-refractivity contribution in [2.24, 2.45) is 0 Å². The molecule has 7 heteroatoms. The van der Waals surface area contributed by atoms with Gasteiger partial charge in [0.05, 0.1) is 12.6 Å². The fourth-order valence-electron chi connectivity index (χ4n) is 3.93. The smallest absolute Gasteiger partial charge is 0.167 e. The first-order valence-electron chi connectivity index (χ1n) is 9.32. The number of fused-ring (bicyclic) bond motifs is 1. The van der Waals surface area contributed by atoms with Gasteiger partial charge in [0.15, 0.2) is 11.6 Å². The summed E-state index contributed by atoms with van der Waals surface area (Å²) in [5.41, 5.74) is 0.630. The summed E-state index contributed by atoms with van der Waals surface area (Å²) in [4.78, 5) is 16.4. The summed E-state index contributed by atoms with van der Waals surface area (Å²) in [7, 11) is 1.48. The van der Waals surface area contributed by atoms with E-state index in [1.54, 1.807) is 6.07 Å². The first-order valence-corrected chi connectivity index (χ1v) is 9.32. The molecule has 0 N–H and O–H groups in total. The molecule has 0 atom stereocenters. The fraction of sp³-hybridized carbons (Fsp3) is 0.579. The molecular formula is C19H26FN5O. The van der Waals surface area contributed by atoms with Crippen molar-refractivity contribution in [2.45, 2.75) is 19.9 Å². The van der Waals surface area contributed by atoms with Crippen molar-refractivity contribution >= 4 is 16.7 Å². The van der Waals surface area contributed by atoms with E-state index >= 15 is 0 Å². The molecule has 2 fully saturated rings. The number of anilines is 1. The van der Waals surface area contributed by atoms with Gasteiger partial charge in [0, 0.05) is 56.8 Å². The molecule has 26 heavy (non-hydrogen) atoms. The zero-order chi connectivity index (χ0) is 18.3. The Balaban J connectivity index is 1.53. The Kier molecular flexibility index (Phi) is 4.67. The van der Waals surface area contributed by atoms with Crippen molar-refractivity contribution in [3.63, 3.8) is 0 Å². The Bertz CT molecular complexity index is 800. The zero-order valence-electron chi connectivity index (χ0n) is 15.7. The minimum Gasteiger partial charge on any atom is -0.494 e. The van der Waals surface area contributed by atoms with Crippen LogP contribution in [0.3, 0.4) is 0 Å². The van der Waals surface area contributed by atoms with Crippen molar-refractivity contribution in [3.05, 3.63) is 23.8 Å². The summed E-state index contributed by atoms with van der Waals surface area (Å²) in [5, 5.41) is 0.850. The SMILES string of the molecule is CCN1CCN(C2CN(c3nc(C)nc4cc(F)c(OC)cc34)C2)CC1. The molecule has 4 rings (SSSR count). The Morgan fingerprint density at radius 1 is 1.15 bits per heavy atom. The molecule has 2 aliphatic rings. The fourth-order valence-corrected chi connectivity index (χ4v) is 3.93. The molecule has 2 aliphatic heterocycles. The van der Waals surface area contributed by atoms with Crippen LogP contribution in [0.5, 0.6) is 5.75 Å². The van der Waals surface area contributed by atoms with Gasteiger partial charge in [-0.25, -0.2) is 14.4 Å². The molecule has 6 nitrogen and oxygen atoms in total. The maximum absolute atomic E-state index is 14.0. The van der Waals surface area contributed by atoms with Crippen LogP contribution < -0.4 is 9.64 Å². The van der Waals surface area contributed by atoms with E-state index in [-0.39, 0.29) is 11.6 Å². The topological polar surface area (TPSA) is 44.7 Å².